The quantitative estimate of drug-likeness (QED) is 0.785. The van der Waals surface area contributed by atoms with E-state index in [4.69, 9.17) is 4.74 Å². The molecule has 2 heterocycles. The third kappa shape index (κ3) is 2.75. The molecule has 4 nitrogen and oxygen atoms in total. The van der Waals surface area contributed by atoms with E-state index in [1.54, 1.807) is 18.4 Å². The van der Waals surface area contributed by atoms with Crippen molar-refractivity contribution in [1.82, 2.24) is 9.38 Å². The van der Waals surface area contributed by atoms with E-state index in [1.165, 1.54) is 0 Å². The molecule has 3 aromatic rings. The van der Waals surface area contributed by atoms with E-state index in [1.807, 2.05) is 46.4 Å². The zero-order chi connectivity index (χ0) is 13.9. The third-order valence-corrected chi connectivity index (χ3v) is 3.99. The number of ether oxygens (including phenoxy) is 1. The maximum atomic E-state index is 10.3. The molecule has 0 aliphatic carbocycles. The lowest BCUT2D eigenvalue weighted by Gasteiger charge is -2.10. The van der Waals surface area contributed by atoms with E-state index >= 15 is 0 Å². The molecule has 104 valence electrons. The Bertz CT molecular complexity index is 659. The predicted molar refractivity (Wildman–Crippen MR) is 78.9 cm³/mol. The SMILES string of the molecule is COCc1ccc(C(O)Cc2cn3ccsc3n2)cc1. The normalized spacial score (nSPS) is 12.9. The van der Waals surface area contributed by atoms with Gasteiger partial charge in [-0.2, -0.15) is 0 Å². The number of rotatable bonds is 5. The number of hydrogen-bond acceptors (Lipinski definition) is 4. The lowest BCUT2D eigenvalue weighted by atomic mass is 10.0. The predicted octanol–water partition coefficient (Wildman–Crippen LogP) is 2.82. The van der Waals surface area contributed by atoms with Gasteiger partial charge in [-0.05, 0) is 11.1 Å². The zero-order valence-electron chi connectivity index (χ0n) is 11.2. The van der Waals surface area contributed by atoms with Crippen molar-refractivity contribution in [1.29, 1.82) is 0 Å². The van der Waals surface area contributed by atoms with Gasteiger partial charge in [0.1, 0.15) is 0 Å². The Morgan fingerprint density at radius 1 is 1.35 bits per heavy atom. The first kappa shape index (κ1) is 13.3. The largest absolute Gasteiger partial charge is 0.388 e. The first-order chi connectivity index (χ1) is 9.76. The molecule has 0 aliphatic rings. The number of aliphatic hydroxyl groups is 1. The van der Waals surface area contributed by atoms with Crippen molar-refractivity contribution in [3.63, 3.8) is 0 Å². The average molecular weight is 288 g/mol. The van der Waals surface area contributed by atoms with E-state index < -0.39 is 6.10 Å². The first-order valence-electron chi connectivity index (χ1n) is 6.43. The smallest absolute Gasteiger partial charge is 0.193 e. The monoisotopic (exact) mass is 288 g/mol. The molecule has 1 N–H and O–H groups in total. The molecule has 1 atom stereocenters. The molecule has 0 spiro atoms. The summed E-state index contributed by atoms with van der Waals surface area (Å²) >= 11 is 1.59. The summed E-state index contributed by atoms with van der Waals surface area (Å²) in [5, 5.41) is 12.3. The highest BCUT2D eigenvalue weighted by Crippen LogP contribution is 2.20. The van der Waals surface area contributed by atoms with Gasteiger partial charge in [0.2, 0.25) is 0 Å². The highest BCUT2D eigenvalue weighted by molar-refractivity contribution is 7.15. The van der Waals surface area contributed by atoms with Crippen LogP contribution in [0.5, 0.6) is 0 Å². The zero-order valence-corrected chi connectivity index (χ0v) is 12.0. The van der Waals surface area contributed by atoms with Gasteiger partial charge in [-0.25, -0.2) is 4.98 Å². The Hall–Kier alpha value is -1.69. The van der Waals surface area contributed by atoms with Crippen LogP contribution in [0.3, 0.4) is 0 Å². The maximum absolute atomic E-state index is 10.3. The summed E-state index contributed by atoms with van der Waals surface area (Å²) in [6.45, 7) is 0.591. The van der Waals surface area contributed by atoms with Crippen molar-refractivity contribution in [2.45, 2.75) is 19.1 Å². The second-order valence-corrected chi connectivity index (χ2v) is 5.59. The molecule has 5 heteroatoms. The molecule has 3 rings (SSSR count). The van der Waals surface area contributed by atoms with Crippen LogP contribution in [0.2, 0.25) is 0 Å². The summed E-state index contributed by atoms with van der Waals surface area (Å²) in [4.78, 5) is 5.45. The Balaban J connectivity index is 1.71. The van der Waals surface area contributed by atoms with Crippen LogP contribution >= 0.6 is 11.3 Å². The Morgan fingerprint density at radius 2 is 2.15 bits per heavy atom. The third-order valence-electron chi connectivity index (χ3n) is 3.22. The molecular weight excluding hydrogens is 272 g/mol. The van der Waals surface area contributed by atoms with E-state index in [0.29, 0.717) is 13.0 Å². The minimum absolute atomic E-state index is 0.526. The number of hydrogen-bond donors (Lipinski definition) is 1. The molecule has 0 radical (unpaired) electrons. The fourth-order valence-corrected chi connectivity index (χ4v) is 2.91. The van der Waals surface area contributed by atoms with E-state index in [0.717, 1.165) is 21.8 Å². The van der Waals surface area contributed by atoms with Crippen LogP contribution in [0.25, 0.3) is 4.96 Å². The fourth-order valence-electron chi connectivity index (χ4n) is 2.19. The van der Waals surface area contributed by atoms with Crippen molar-refractivity contribution in [2.75, 3.05) is 7.11 Å². The van der Waals surface area contributed by atoms with Crippen molar-refractivity contribution in [2.24, 2.45) is 0 Å². The van der Waals surface area contributed by atoms with Gasteiger partial charge in [0.15, 0.2) is 4.96 Å². The summed E-state index contributed by atoms with van der Waals surface area (Å²) in [5.74, 6) is 0. The number of nitrogens with zero attached hydrogens (tertiary/aromatic N) is 2. The van der Waals surface area contributed by atoms with Gasteiger partial charge in [-0.1, -0.05) is 24.3 Å². The molecule has 0 saturated carbocycles. The Labute approximate surface area is 121 Å². The number of fused-ring (bicyclic) bond motifs is 1. The standard InChI is InChI=1S/C15H16N2O2S/c1-19-10-11-2-4-12(5-3-11)14(18)8-13-9-17-6-7-20-15(17)16-13/h2-7,9,14,18H,8,10H2,1H3. The van der Waals surface area contributed by atoms with Crippen LogP contribution in [-0.4, -0.2) is 21.6 Å². The van der Waals surface area contributed by atoms with Gasteiger partial charge in [0, 0.05) is 31.3 Å². The first-order valence-corrected chi connectivity index (χ1v) is 7.31. The van der Waals surface area contributed by atoms with Crippen molar-refractivity contribution in [3.05, 3.63) is 58.9 Å². The topological polar surface area (TPSA) is 46.8 Å². The Kier molecular flexibility index (Phi) is 3.82. The van der Waals surface area contributed by atoms with Crippen molar-refractivity contribution in [3.8, 4) is 0 Å². The molecule has 2 aromatic heterocycles. The number of benzene rings is 1. The molecule has 0 bridgehead atoms. The van der Waals surface area contributed by atoms with Crippen LogP contribution in [0.4, 0.5) is 0 Å². The summed E-state index contributed by atoms with van der Waals surface area (Å²) in [7, 11) is 1.67. The van der Waals surface area contributed by atoms with Crippen LogP contribution in [-0.2, 0) is 17.8 Å². The van der Waals surface area contributed by atoms with Crippen molar-refractivity contribution >= 4 is 16.3 Å². The molecular formula is C15H16N2O2S. The van der Waals surface area contributed by atoms with Gasteiger partial charge in [0.25, 0.3) is 0 Å². The van der Waals surface area contributed by atoms with Crippen LogP contribution in [0, 0.1) is 0 Å². The molecule has 1 aromatic carbocycles. The second kappa shape index (κ2) is 5.75. The summed E-state index contributed by atoms with van der Waals surface area (Å²) in [6.07, 6.45) is 3.94. The van der Waals surface area contributed by atoms with Crippen LogP contribution in [0.15, 0.2) is 42.0 Å². The minimum atomic E-state index is -0.531. The number of aliphatic hydroxyl groups excluding tert-OH is 1. The van der Waals surface area contributed by atoms with E-state index in [2.05, 4.69) is 4.98 Å². The lowest BCUT2D eigenvalue weighted by Crippen LogP contribution is -2.02. The highest BCUT2D eigenvalue weighted by Gasteiger charge is 2.11. The van der Waals surface area contributed by atoms with Crippen LogP contribution < -0.4 is 0 Å². The maximum Gasteiger partial charge on any atom is 0.193 e. The van der Waals surface area contributed by atoms with E-state index in [9.17, 15) is 5.11 Å². The second-order valence-electron chi connectivity index (χ2n) is 4.72. The lowest BCUT2D eigenvalue weighted by molar-refractivity contribution is 0.176. The number of thiazole rings is 1. The molecule has 0 saturated heterocycles. The van der Waals surface area contributed by atoms with Gasteiger partial charge < -0.3 is 9.84 Å². The van der Waals surface area contributed by atoms with E-state index in [-0.39, 0.29) is 0 Å². The molecule has 20 heavy (non-hydrogen) atoms. The number of aromatic nitrogens is 2. The molecule has 0 amide bonds. The van der Waals surface area contributed by atoms with Crippen LogP contribution in [0.1, 0.15) is 22.9 Å². The number of methoxy groups -OCH3 is 1. The Morgan fingerprint density at radius 3 is 2.85 bits per heavy atom. The van der Waals surface area contributed by atoms with Gasteiger partial charge in [-0.3, -0.25) is 4.40 Å². The highest BCUT2D eigenvalue weighted by atomic mass is 32.1. The molecule has 1 unspecified atom stereocenters. The van der Waals surface area contributed by atoms with Gasteiger partial charge >= 0.3 is 0 Å². The molecule has 0 fully saturated rings. The number of imidazole rings is 1. The molecule has 0 aliphatic heterocycles. The van der Waals surface area contributed by atoms with Crippen molar-refractivity contribution < 1.29 is 9.84 Å². The fraction of sp³-hybridized carbons (Fsp3) is 0.267. The van der Waals surface area contributed by atoms with Gasteiger partial charge in [0.05, 0.1) is 18.4 Å². The van der Waals surface area contributed by atoms with Gasteiger partial charge in [-0.15, -0.1) is 11.3 Å². The summed E-state index contributed by atoms with van der Waals surface area (Å²) < 4.78 is 7.06. The summed E-state index contributed by atoms with van der Waals surface area (Å²) in [6, 6.07) is 7.84. The minimum Gasteiger partial charge on any atom is -0.388 e. The summed E-state index contributed by atoms with van der Waals surface area (Å²) in [5.41, 5.74) is 2.91. The average Bonchev–Trinajstić information content (AvgIpc) is 3.01.